The molecule has 1 aliphatic rings. The Bertz CT molecular complexity index is 899. The normalized spacial score (nSPS) is 21.5. The van der Waals surface area contributed by atoms with E-state index >= 15 is 0 Å². The van der Waals surface area contributed by atoms with Crippen molar-refractivity contribution in [2.75, 3.05) is 6.54 Å². The van der Waals surface area contributed by atoms with E-state index in [1.165, 1.54) is 30.3 Å². The first-order chi connectivity index (χ1) is 15.4. The molecule has 1 fully saturated rings. The van der Waals surface area contributed by atoms with Gasteiger partial charge in [-0.05, 0) is 67.1 Å². The van der Waals surface area contributed by atoms with Gasteiger partial charge in [0.15, 0.2) is 6.10 Å². The van der Waals surface area contributed by atoms with Gasteiger partial charge in [-0.2, -0.15) is 26.3 Å². The lowest BCUT2D eigenvalue weighted by Gasteiger charge is -2.36. The molecule has 0 radical (unpaired) electrons. The molecule has 0 aliphatic heterocycles. The van der Waals surface area contributed by atoms with Crippen molar-refractivity contribution < 1.29 is 40.6 Å². The standard InChI is InChI=1S/C23H24F7NO2/c24-17-7-9-18(10-8-17)33-19-6-2-4-15(12-19)21(31-13-20(32)23(28,29)30)14-3-1-5-16(11-14)22(25,26)27/h2,4,6-10,12,14,16,20-21,31-32H,1,3,5,11,13H2. The maximum atomic E-state index is 13.3. The van der Waals surface area contributed by atoms with Crippen LogP contribution in [-0.2, 0) is 0 Å². The highest BCUT2D eigenvalue weighted by Crippen LogP contribution is 2.44. The quantitative estimate of drug-likeness (QED) is 0.443. The fourth-order valence-corrected chi connectivity index (χ4v) is 4.15. The maximum Gasteiger partial charge on any atom is 0.415 e. The molecule has 0 amide bonds. The van der Waals surface area contributed by atoms with Crippen LogP contribution in [0.4, 0.5) is 30.7 Å². The van der Waals surface area contributed by atoms with E-state index in [2.05, 4.69) is 5.32 Å². The molecule has 0 bridgehead atoms. The third-order valence-electron chi connectivity index (χ3n) is 5.82. The summed E-state index contributed by atoms with van der Waals surface area (Å²) in [6.07, 6.45) is -11.5. The van der Waals surface area contributed by atoms with Crippen LogP contribution in [0.1, 0.15) is 37.3 Å². The van der Waals surface area contributed by atoms with Crippen molar-refractivity contribution in [1.29, 1.82) is 0 Å². The van der Waals surface area contributed by atoms with Gasteiger partial charge in [0.2, 0.25) is 0 Å². The summed E-state index contributed by atoms with van der Waals surface area (Å²) < 4.78 is 97.2. The minimum absolute atomic E-state index is 0.0222. The first-order valence-corrected chi connectivity index (χ1v) is 10.5. The highest BCUT2D eigenvalue weighted by atomic mass is 19.4. The summed E-state index contributed by atoms with van der Waals surface area (Å²) in [4.78, 5) is 0. The van der Waals surface area contributed by atoms with E-state index in [0.29, 0.717) is 29.9 Å². The van der Waals surface area contributed by atoms with Crippen LogP contribution in [0.5, 0.6) is 11.5 Å². The van der Waals surface area contributed by atoms with Gasteiger partial charge in [-0.15, -0.1) is 0 Å². The molecule has 3 rings (SSSR count). The molecule has 4 atom stereocenters. The zero-order valence-corrected chi connectivity index (χ0v) is 17.5. The molecule has 182 valence electrons. The van der Waals surface area contributed by atoms with E-state index in [4.69, 9.17) is 4.74 Å². The summed E-state index contributed by atoms with van der Waals surface area (Å²) >= 11 is 0. The van der Waals surface area contributed by atoms with Gasteiger partial charge < -0.3 is 15.2 Å². The Morgan fingerprint density at radius 3 is 2.30 bits per heavy atom. The minimum Gasteiger partial charge on any atom is -0.457 e. The van der Waals surface area contributed by atoms with Crippen molar-refractivity contribution in [2.45, 2.75) is 50.2 Å². The second-order valence-electron chi connectivity index (χ2n) is 8.24. The summed E-state index contributed by atoms with van der Waals surface area (Å²) in [5.74, 6) is -1.97. The van der Waals surface area contributed by atoms with Crippen LogP contribution >= 0.6 is 0 Å². The predicted molar refractivity (Wildman–Crippen MR) is 107 cm³/mol. The van der Waals surface area contributed by atoms with Crippen LogP contribution in [0.3, 0.4) is 0 Å². The number of nitrogens with one attached hydrogen (secondary N) is 1. The Labute approximate surface area is 186 Å². The number of ether oxygens (including phenoxy) is 1. The fraction of sp³-hybridized carbons (Fsp3) is 0.478. The van der Waals surface area contributed by atoms with Crippen molar-refractivity contribution in [3.05, 3.63) is 59.9 Å². The highest BCUT2D eigenvalue weighted by Gasteiger charge is 2.44. The molecule has 33 heavy (non-hydrogen) atoms. The Morgan fingerprint density at radius 1 is 0.970 bits per heavy atom. The molecule has 3 nitrogen and oxygen atoms in total. The van der Waals surface area contributed by atoms with E-state index < -0.39 is 48.7 Å². The number of benzene rings is 2. The number of rotatable bonds is 7. The van der Waals surface area contributed by atoms with Crippen molar-refractivity contribution in [2.24, 2.45) is 11.8 Å². The number of aliphatic hydroxyl groups excluding tert-OH is 1. The largest absolute Gasteiger partial charge is 0.457 e. The van der Waals surface area contributed by atoms with Crippen molar-refractivity contribution in [3.8, 4) is 11.5 Å². The molecule has 0 saturated heterocycles. The summed E-state index contributed by atoms with van der Waals surface area (Å²) in [6, 6.07) is 10.6. The highest BCUT2D eigenvalue weighted by molar-refractivity contribution is 5.35. The SMILES string of the molecule is OC(CNC(c1cccc(Oc2ccc(F)cc2)c1)C1CCCC(C(F)(F)F)C1)C(F)(F)F. The first kappa shape index (κ1) is 25.3. The molecule has 1 aliphatic carbocycles. The van der Waals surface area contributed by atoms with Gasteiger partial charge in [-0.1, -0.05) is 18.6 Å². The molecule has 4 unspecified atom stereocenters. The van der Waals surface area contributed by atoms with Crippen molar-refractivity contribution in [1.82, 2.24) is 5.32 Å². The van der Waals surface area contributed by atoms with Gasteiger partial charge in [0.25, 0.3) is 0 Å². The van der Waals surface area contributed by atoms with Crippen LogP contribution in [0.15, 0.2) is 48.5 Å². The number of hydrogen-bond acceptors (Lipinski definition) is 3. The van der Waals surface area contributed by atoms with E-state index in [1.54, 1.807) is 18.2 Å². The van der Waals surface area contributed by atoms with Crippen molar-refractivity contribution in [3.63, 3.8) is 0 Å². The Hall–Kier alpha value is -2.33. The lowest BCUT2D eigenvalue weighted by atomic mass is 9.75. The van der Waals surface area contributed by atoms with Gasteiger partial charge in [0.1, 0.15) is 17.3 Å². The van der Waals surface area contributed by atoms with Crippen LogP contribution in [0.2, 0.25) is 0 Å². The zero-order valence-electron chi connectivity index (χ0n) is 17.5. The van der Waals surface area contributed by atoms with Gasteiger partial charge in [0.05, 0.1) is 5.92 Å². The van der Waals surface area contributed by atoms with Gasteiger partial charge in [0, 0.05) is 12.6 Å². The zero-order chi connectivity index (χ0) is 24.2. The average molecular weight is 479 g/mol. The molecule has 10 heteroatoms. The maximum absolute atomic E-state index is 13.3. The molecular formula is C23H24F7NO2. The van der Waals surface area contributed by atoms with Crippen LogP contribution < -0.4 is 10.1 Å². The molecule has 0 heterocycles. The van der Waals surface area contributed by atoms with E-state index in [-0.39, 0.29) is 12.8 Å². The number of aliphatic hydroxyl groups is 1. The minimum atomic E-state index is -4.85. The summed E-state index contributed by atoms with van der Waals surface area (Å²) in [5.41, 5.74) is 0.441. The average Bonchev–Trinajstić information content (AvgIpc) is 2.75. The molecule has 0 spiro atoms. The molecule has 1 saturated carbocycles. The third-order valence-corrected chi connectivity index (χ3v) is 5.82. The third kappa shape index (κ3) is 7.07. The summed E-state index contributed by atoms with van der Waals surface area (Å²) in [5, 5.41) is 12.1. The number of hydrogen-bond donors (Lipinski definition) is 2. The fourth-order valence-electron chi connectivity index (χ4n) is 4.15. The Morgan fingerprint density at radius 2 is 1.67 bits per heavy atom. The Kier molecular flexibility index (Phi) is 7.89. The topological polar surface area (TPSA) is 41.5 Å². The predicted octanol–water partition coefficient (Wildman–Crippen LogP) is 6.54. The molecule has 2 aromatic carbocycles. The van der Waals surface area contributed by atoms with Gasteiger partial charge >= 0.3 is 12.4 Å². The van der Waals surface area contributed by atoms with Gasteiger partial charge in [-0.25, -0.2) is 4.39 Å². The van der Waals surface area contributed by atoms with E-state index in [1.807, 2.05) is 0 Å². The smallest absolute Gasteiger partial charge is 0.415 e. The van der Waals surface area contributed by atoms with E-state index in [9.17, 15) is 35.8 Å². The molecule has 2 N–H and O–H groups in total. The molecule has 2 aromatic rings. The second-order valence-corrected chi connectivity index (χ2v) is 8.24. The number of halogens is 7. The summed E-state index contributed by atoms with van der Waals surface area (Å²) in [6.45, 7) is -0.857. The van der Waals surface area contributed by atoms with Crippen LogP contribution in [0.25, 0.3) is 0 Å². The first-order valence-electron chi connectivity index (χ1n) is 10.5. The molecule has 0 aromatic heterocycles. The van der Waals surface area contributed by atoms with Crippen molar-refractivity contribution >= 4 is 0 Å². The summed E-state index contributed by atoms with van der Waals surface area (Å²) in [7, 11) is 0. The second kappa shape index (κ2) is 10.3. The lowest BCUT2D eigenvalue weighted by Crippen LogP contribution is -2.42. The monoisotopic (exact) mass is 479 g/mol. The lowest BCUT2D eigenvalue weighted by molar-refractivity contribution is -0.202. The van der Waals surface area contributed by atoms with E-state index in [0.717, 1.165) is 0 Å². The molecular weight excluding hydrogens is 455 g/mol. The van der Waals surface area contributed by atoms with Crippen LogP contribution in [-0.4, -0.2) is 30.1 Å². The van der Waals surface area contributed by atoms with Crippen LogP contribution in [0, 0.1) is 17.7 Å². The Balaban J connectivity index is 1.84. The number of alkyl halides is 6. The van der Waals surface area contributed by atoms with Gasteiger partial charge in [-0.3, -0.25) is 0 Å².